The number of fused-ring (bicyclic) bond motifs is 1. The molecule has 0 fully saturated rings. The lowest BCUT2D eigenvalue weighted by Gasteiger charge is -1.99. The molecule has 1 N–H and O–H groups in total. The summed E-state index contributed by atoms with van der Waals surface area (Å²) >= 11 is 5.90. The molecule has 0 aliphatic heterocycles. The number of carbonyl (C=O) groups is 1. The van der Waals surface area contributed by atoms with Crippen molar-refractivity contribution in [3.8, 4) is 0 Å². The molecule has 0 atom stereocenters. The molecule has 2 heterocycles. The lowest BCUT2D eigenvalue weighted by Crippen LogP contribution is -2.04. The molecule has 72 valence electrons. The Hall–Kier alpha value is -1.55. The van der Waals surface area contributed by atoms with Crippen LogP contribution < -0.4 is 0 Å². The Kier molecular flexibility index (Phi) is 2.13. The van der Waals surface area contributed by atoms with Crippen LogP contribution in [0.3, 0.4) is 0 Å². The highest BCUT2D eigenvalue weighted by Crippen LogP contribution is 2.25. The van der Waals surface area contributed by atoms with Crippen LogP contribution in [0.15, 0.2) is 18.5 Å². The Labute approximate surface area is 84.9 Å². The van der Waals surface area contributed by atoms with Gasteiger partial charge in [0.05, 0.1) is 23.0 Å². The van der Waals surface area contributed by atoms with Gasteiger partial charge in [0, 0.05) is 12.4 Å². The zero-order valence-corrected chi connectivity index (χ0v) is 8.13. The van der Waals surface area contributed by atoms with Gasteiger partial charge in [-0.15, -0.1) is 0 Å². The van der Waals surface area contributed by atoms with Crippen molar-refractivity contribution in [1.29, 1.82) is 0 Å². The van der Waals surface area contributed by atoms with Crippen LogP contribution in [-0.4, -0.2) is 23.0 Å². The van der Waals surface area contributed by atoms with Crippen molar-refractivity contribution in [2.24, 2.45) is 0 Å². The van der Waals surface area contributed by atoms with Crippen molar-refractivity contribution >= 4 is 28.5 Å². The first-order chi connectivity index (χ1) is 6.74. The summed E-state index contributed by atoms with van der Waals surface area (Å²) in [4.78, 5) is 18.2. The normalized spacial score (nSPS) is 10.4. The maximum atomic E-state index is 11.3. The second-order valence-electron chi connectivity index (χ2n) is 2.71. The third kappa shape index (κ3) is 1.24. The minimum atomic E-state index is -0.489. The minimum Gasteiger partial charge on any atom is -0.464 e. The molecular weight excluding hydrogens is 204 g/mol. The molecule has 0 aromatic carbocycles. The third-order valence-electron chi connectivity index (χ3n) is 1.92. The lowest BCUT2D eigenvalue weighted by molar-refractivity contribution is 0.0596. The molecule has 5 heteroatoms. The number of rotatable bonds is 1. The maximum Gasteiger partial charge on any atom is 0.357 e. The van der Waals surface area contributed by atoms with E-state index < -0.39 is 5.97 Å². The standard InChI is InChI=1S/C9H7ClN2O2/c1-14-9(13)8-7-5(10)4-12-6(7)2-3-11-8/h2-4,12H,1H3. The topological polar surface area (TPSA) is 55.0 Å². The van der Waals surface area contributed by atoms with E-state index in [1.54, 1.807) is 12.3 Å². The van der Waals surface area contributed by atoms with Gasteiger partial charge in [-0.3, -0.25) is 0 Å². The van der Waals surface area contributed by atoms with E-state index in [4.69, 9.17) is 11.6 Å². The van der Waals surface area contributed by atoms with Crippen LogP contribution >= 0.6 is 11.6 Å². The van der Waals surface area contributed by atoms with Crippen LogP contribution in [0.4, 0.5) is 0 Å². The van der Waals surface area contributed by atoms with Gasteiger partial charge in [-0.1, -0.05) is 11.6 Å². The van der Waals surface area contributed by atoms with Gasteiger partial charge in [0.1, 0.15) is 0 Å². The van der Waals surface area contributed by atoms with Crippen LogP contribution in [0.2, 0.25) is 5.02 Å². The molecule has 0 unspecified atom stereocenters. The fourth-order valence-electron chi connectivity index (χ4n) is 1.29. The van der Waals surface area contributed by atoms with Crippen molar-refractivity contribution in [3.63, 3.8) is 0 Å². The SMILES string of the molecule is COC(=O)c1nccc2[nH]cc(Cl)c12. The molecule has 2 rings (SSSR count). The summed E-state index contributed by atoms with van der Waals surface area (Å²) in [7, 11) is 1.31. The third-order valence-corrected chi connectivity index (χ3v) is 2.22. The highest BCUT2D eigenvalue weighted by Gasteiger charge is 2.15. The quantitative estimate of drug-likeness (QED) is 0.733. The van der Waals surface area contributed by atoms with Crippen molar-refractivity contribution in [1.82, 2.24) is 9.97 Å². The maximum absolute atomic E-state index is 11.3. The van der Waals surface area contributed by atoms with Crippen LogP contribution in [0, 0.1) is 0 Å². The van der Waals surface area contributed by atoms with Crippen LogP contribution in [-0.2, 0) is 4.74 Å². The molecule has 0 radical (unpaired) electrons. The molecule has 0 spiro atoms. The van der Waals surface area contributed by atoms with Gasteiger partial charge in [0.25, 0.3) is 0 Å². The van der Waals surface area contributed by atoms with Gasteiger partial charge >= 0.3 is 5.97 Å². The van der Waals surface area contributed by atoms with Gasteiger partial charge in [-0.2, -0.15) is 0 Å². The first kappa shape index (κ1) is 9.02. The van der Waals surface area contributed by atoms with E-state index in [0.717, 1.165) is 5.52 Å². The van der Waals surface area contributed by atoms with Crippen molar-refractivity contribution in [3.05, 3.63) is 29.2 Å². The number of nitrogens with one attached hydrogen (secondary N) is 1. The number of nitrogens with zero attached hydrogens (tertiary/aromatic N) is 1. The monoisotopic (exact) mass is 210 g/mol. The summed E-state index contributed by atoms with van der Waals surface area (Å²) in [6.45, 7) is 0. The molecular formula is C9H7ClN2O2. The Bertz CT molecular complexity index is 493. The highest BCUT2D eigenvalue weighted by molar-refractivity contribution is 6.36. The fourth-order valence-corrected chi connectivity index (χ4v) is 1.53. The average molecular weight is 211 g/mol. The molecule has 0 aliphatic rings. The second-order valence-corrected chi connectivity index (χ2v) is 3.12. The number of aromatic nitrogens is 2. The number of aromatic amines is 1. The summed E-state index contributed by atoms with van der Waals surface area (Å²) in [6.07, 6.45) is 3.14. The van der Waals surface area contributed by atoms with Gasteiger partial charge in [-0.25, -0.2) is 9.78 Å². The van der Waals surface area contributed by atoms with E-state index in [9.17, 15) is 4.79 Å². The molecule has 14 heavy (non-hydrogen) atoms. The molecule has 0 saturated heterocycles. The summed E-state index contributed by atoms with van der Waals surface area (Å²) in [5.41, 5.74) is 1.00. The van der Waals surface area contributed by atoms with Gasteiger partial charge in [0.15, 0.2) is 5.69 Å². The Morgan fingerprint density at radius 3 is 3.14 bits per heavy atom. The largest absolute Gasteiger partial charge is 0.464 e. The van der Waals surface area contributed by atoms with Gasteiger partial charge in [-0.05, 0) is 6.07 Å². The Morgan fingerprint density at radius 1 is 1.64 bits per heavy atom. The number of H-pyrrole nitrogens is 1. The lowest BCUT2D eigenvalue weighted by atomic mass is 10.2. The Morgan fingerprint density at radius 2 is 2.43 bits per heavy atom. The van der Waals surface area contributed by atoms with Crippen molar-refractivity contribution < 1.29 is 9.53 Å². The number of halogens is 1. The predicted molar refractivity (Wildman–Crippen MR) is 52.4 cm³/mol. The van der Waals surface area contributed by atoms with Crippen LogP contribution in [0.5, 0.6) is 0 Å². The van der Waals surface area contributed by atoms with E-state index in [1.165, 1.54) is 13.3 Å². The number of ether oxygens (including phenoxy) is 1. The zero-order valence-electron chi connectivity index (χ0n) is 7.37. The molecule has 0 saturated carbocycles. The zero-order chi connectivity index (χ0) is 10.1. The molecule has 2 aromatic heterocycles. The summed E-state index contributed by atoms with van der Waals surface area (Å²) in [5.74, 6) is -0.489. The molecule has 4 nitrogen and oxygen atoms in total. The van der Waals surface area contributed by atoms with Crippen molar-refractivity contribution in [2.75, 3.05) is 7.11 Å². The summed E-state index contributed by atoms with van der Waals surface area (Å²) < 4.78 is 4.59. The van der Waals surface area contributed by atoms with Crippen molar-refractivity contribution in [2.45, 2.75) is 0 Å². The molecule has 0 aliphatic carbocycles. The number of esters is 1. The second kappa shape index (κ2) is 3.31. The highest BCUT2D eigenvalue weighted by atomic mass is 35.5. The van der Waals surface area contributed by atoms with E-state index in [2.05, 4.69) is 14.7 Å². The predicted octanol–water partition coefficient (Wildman–Crippen LogP) is 2.00. The van der Waals surface area contributed by atoms with Crippen LogP contribution in [0.25, 0.3) is 10.9 Å². The van der Waals surface area contributed by atoms with E-state index in [0.29, 0.717) is 10.4 Å². The molecule has 2 aromatic rings. The van der Waals surface area contributed by atoms with E-state index in [-0.39, 0.29) is 5.69 Å². The van der Waals surface area contributed by atoms with E-state index >= 15 is 0 Å². The smallest absolute Gasteiger partial charge is 0.357 e. The molecule has 0 bridgehead atoms. The van der Waals surface area contributed by atoms with E-state index in [1.807, 2.05) is 0 Å². The summed E-state index contributed by atoms with van der Waals surface area (Å²) in [5, 5.41) is 1.06. The molecule has 0 amide bonds. The first-order valence-electron chi connectivity index (χ1n) is 3.94. The van der Waals surface area contributed by atoms with Gasteiger partial charge < -0.3 is 9.72 Å². The Balaban J connectivity index is 2.75. The first-order valence-corrected chi connectivity index (χ1v) is 4.31. The number of hydrogen-bond donors (Lipinski definition) is 1. The fraction of sp³-hybridized carbons (Fsp3) is 0.111. The number of hydrogen-bond acceptors (Lipinski definition) is 3. The number of carbonyl (C=O) groups excluding carboxylic acids is 1. The summed E-state index contributed by atoms with van der Waals surface area (Å²) in [6, 6.07) is 1.74. The number of pyridine rings is 1. The van der Waals surface area contributed by atoms with Gasteiger partial charge in [0.2, 0.25) is 0 Å². The minimum absolute atomic E-state index is 0.233. The van der Waals surface area contributed by atoms with Crippen LogP contribution in [0.1, 0.15) is 10.5 Å². The average Bonchev–Trinajstić information content (AvgIpc) is 2.59. The number of methoxy groups -OCH3 is 1.